The smallest absolute Gasteiger partial charge is 0.224 e. The van der Waals surface area contributed by atoms with Crippen LogP contribution in [-0.2, 0) is 9.53 Å². The molecule has 14 heavy (non-hydrogen) atoms. The Morgan fingerprint density at radius 1 is 1.57 bits per heavy atom. The van der Waals surface area contributed by atoms with E-state index in [0.29, 0.717) is 0 Å². The van der Waals surface area contributed by atoms with Crippen LogP contribution in [0.3, 0.4) is 0 Å². The van der Waals surface area contributed by atoms with Crippen molar-refractivity contribution in [1.29, 1.82) is 0 Å². The molecule has 0 radical (unpaired) electrons. The van der Waals surface area contributed by atoms with Gasteiger partial charge in [0, 0.05) is 24.4 Å². The number of rotatable bonds is 5. The summed E-state index contributed by atoms with van der Waals surface area (Å²) in [4.78, 5) is 11.5. The third-order valence-corrected chi connectivity index (χ3v) is 2.55. The highest BCUT2D eigenvalue weighted by atomic mass is 16.5. The Labute approximate surface area is 85.4 Å². The summed E-state index contributed by atoms with van der Waals surface area (Å²) in [7, 11) is 1.85. The van der Waals surface area contributed by atoms with Crippen molar-refractivity contribution in [2.45, 2.75) is 13.8 Å². The van der Waals surface area contributed by atoms with Crippen LogP contribution in [0.1, 0.15) is 13.8 Å². The minimum Gasteiger partial charge on any atom is -0.380 e. The highest BCUT2D eigenvalue weighted by molar-refractivity contribution is 5.78. The minimum absolute atomic E-state index is 0.0320. The number of hydrogen-bond acceptors (Lipinski definition) is 3. The first-order valence-corrected chi connectivity index (χ1v) is 5.07. The summed E-state index contributed by atoms with van der Waals surface area (Å²) in [5.41, 5.74) is 0.162. The molecule has 0 aromatic rings. The fourth-order valence-corrected chi connectivity index (χ4v) is 1.43. The average molecular weight is 200 g/mol. The topological polar surface area (TPSA) is 50.4 Å². The van der Waals surface area contributed by atoms with Gasteiger partial charge in [0.05, 0.1) is 13.2 Å². The molecule has 4 nitrogen and oxygen atoms in total. The molecule has 0 bridgehead atoms. The second-order valence-electron chi connectivity index (χ2n) is 4.48. The van der Waals surface area contributed by atoms with E-state index in [-0.39, 0.29) is 17.2 Å². The number of ether oxygens (including phenoxy) is 1. The fraction of sp³-hybridized carbons (Fsp3) is 0.900. The fourth-order valence-electron chi connectivity index (χ4n) is 1.43. The van der Waals surface area contributed by atoms with E-state index in [9.17, 15) is 4.79 Å². The van der Waals surface area contributed by atoms with Crippen LogP contribution in [0.4, 0.5) is 0 Å². The molecule has 4 heteroatoms. The maximum atomic E-state index is 11.5. The van der Waals surface area contributed by atoms with E-state index >= 15 is 0 Å². The van der Waals surface area contributed by atoms with E-state index in [2.05, 4.69) is 17.6 Å². The molecule has 1 rings (SSSR count). The number of amides is 1. The van der Waals surface area contributed by atoms with Gasteiger partial charge >= 0.3 is 0 Å². The molecule has 1 heterocycles. The molecule has 0 aromatic heterocycles. The van der Waals surface area contributed by atoms with Gasteiger partial charge in [-0.15, -0.1) is 0 Å². The molecule has 82 valence electrons. The number of hydrogen-bond donors (Lipinski definition) is 2. The standard InChI is InChI=1S/C10H20N2O2/c1-8(4-11-3)9(13)12-5-10(2)6-14-7-10/h8,11H,4-7H2,1-3H3,(H,12,13). The second kappa shape index (κ2) is 4.75. The molecule has 0 saturated carbocycles. The highest BCUT2D eigenvalue weighted by Crippen LogP contribution is 2.25. The Morgan fingerprint density at radius 2 is 2.21 bits per heavy atom. The zero-order chi connectivity index (χ0) is 10.6. The Kier molecular flexibility index (Phi) is 3.89. The van der Waals surface area contributed by atoms with Gasteiger partial charge in [-0.2, -0.15) is 0 Å². The Bertz CT molecular complexity index is 202. The molecule has 1 fully saturated rings. The summed E-state index contributed by atoms with van der Waals surface area (Å²) < 4.78 is 5.11. The number of nitrogens with one attached hydrogen (secondary N) is 2. The molecule has 0 aliphatic carbocycles. The molecule has 1 unspecified atom stereocenters. The molecular formula is C10H20N2O2. The van der Waals surface area contributed by atoms with Crippen molar-refractivity contribution in [3.05, 3.63) is 0 Å². The molecule has 0 aromatic carbocycles. The molecule has 1 aliphatic rings. The van der Waals surface area contributed by atoms with E-state index in [1.807, 2.05) is 14.0 Å². The van der Waals surface area contributed by atoms with Gasteiger partial charge < -0.3 is 15.4 Å². The molecule has 1 atom stereocenters. The zero-order valence-electron chi connectivity index (χ0n) is 9.22. The number of carbonyl (C=O) groups excluding carboxylic acids is 1. The van der Waals surface area contributed by atoms with Crippen LogP contribution in [0.2, 0.25) is 0 Å². The van der Waals surface area contributed by atoms with Crippen LogP contribution in [-0.4, -0.2) is 39.3 Å². The maximum Gasteiger partial charge on any atom is 0.224 e. The van der Waals surface area contributed by atoms with Crippen molar-refractivity contribution in [3.63, 3.8) is 0 Å². The summed E-state index contributed by atoms with van der Waals surface area (Å²) in [6.07, 6.45) is 0. The lowest BCUT2D eigenvalue weighted by Crippen LogP contribution is -2.49. The Balaban J connectivity index is 2.20. The third kappa shape index (κ3) is 2.96. The zero-order valence-corrected chi connectivity index (χ0v) is 9.22. The molecule has 1 amide bonds. The van der Waals surface area contributed by atoms with Crippen molar-refractivity contribution in [1.82, 2.24) is 10.6 Å². The minimum atomic E-state index is 0.0320. The predicted octanol–water partition coefficient (Wildman–Crippen LogP) is -0.00540. The molecule has 0 spiro atoms. The lowest BCUT2D eigenvalue weighted by atomic mass is 9.88. The van der Waals surface area contributed by atoms with E-state index in [1.165, 1.54) is 0 Å². The van der Waals surface area contributed by atoms with Gasteiger partial charge in [0.2, 0.25) is 5.91 Å². The van der Waals surface area contributed by atoms with Crippen molar-refractivity contribution in [3.8, 4) is 0 Å². The molecule has 1 aliphatic heterocycles. The lowest BCUT2D eigenvalue weighted by molar-refractivity contribution is -0.129. The van der Waals surface area contributed by atoms with Gasteiger partial charge in [0.1, 0.15) is 0 Å². The molecule has 2 N–H and O–H groups in total. The average Bonchev–Trinajstić information content (AvgIpc) is 2.11. The van der Waals surface area contributed by atoms with Crippen molar-refractivity contribution in [2.24, 2.45) is 11.3 Å². The van der Waals surface area contributed by atoms with Crippen molar-refractivity contribution in [2.75, 3.05) is 33.4 Å². The van der Waals surface area contributed by atoms with Gasteiger partial charge in [-0.1, -0.05) is 13.8 Å². The Morgan fingerprint density at radius 3 is 2.64 bits per heavy atom. The molecular weight excluding hydrogens is 180 g/mol. The predicted molar refractivity (Wildman–Crippen MR) is 55.0 cm³/mol. The van der Waals surface area contributed by atoms with Gasteiger partial charge in [-0.3, -0.25) is 4.79 Å². The van der Waals surface area contributed by atoms with Gasteiger partial charge in [0.25, 0.3) is 0 Å². The monoisotopic (exact) mass is 200 g/mol. The van der Waals surface area contributed by atoms with Crippen LogP contribution in [0.15, 0.2) is 0 Å². The largest absolute Gasteiger partial charge is 0.380 e. The quantitative estimate of drug-likeness (QED) is 0.656. The highest BCUT2D eigenvalue weighted by Gasteiger charge is 2.33. The van der Waals surface area contributed by atoms with Crippen molar-refractivity contribution < 1.29 is 9.53 Å². The van der Waals surface area contributed by atoms with Gasteiger partial charge in [-0.05, 0) is 7.05 Å². The first-order chi connectivity index (χ1) is 6.57. The summed E-state index contributed by atoms with van der Waals surface area (Å²) in [6, 6.07) is 0. The van der Waals surface area contributed by atoms with E-state index in [1.54, 1.807) is 0 Å². The van der Waals surface area contributed by atoms with Crippen LogP contribution < -0.4 is 10.6 Å². The van der Waals surface area contributed by atoms with Crippen LogP contribution >= 0.6 is 0 Å². The SMILES string of the molecule is CNCC(C)C(=O)NCC1(C)COC1. The van der Waals surface area contributed by atoms with E-state index < -0.39 is 0 Å². The van der Waals surface area contributed by atoms with E-state index in [4.69, 9.17) is 4.74 Å². The van der Waals surface area contributed by atoms with Crippen LogP contribution in [0.5, 0.6) is 0 Å². The summed E-state index contributed by atoms with van der Waals surface area (Å²) >= 11 is 0. The molecule has 1 saturated heterocycles. The van der Waals surface area contributed by atoms with Crippen LogP contribution in [0, 0.1) is 11.3 Å². The normalized spacial score (nSPS) is 21.1. The number of carbonyl (C=O) groups is 1. The van der Waals surface area contributed by atoms with E-state index in [0.717, 1.165) is 26.3 Å². The first kappa shape index (κ1) is 11.5. The summed E-state index contributed by atoms with van der Waals surface area (Å²) in [6.45, 7) is 7.01. The maximum absolute atomic E-state index is 11.5. The Hall–Kier alpha value is -0.610. The lowest BCUT2D eigenvalue weighted by Gasteiger charge is -2.38. The first-order valence-electron chi connectivity index (χ1n) is 5.07. The summed E-state index contributed by atoms with van der Waals surface area (Å²) in [5, 5.41) is 5.94. The van der Waals surface area contributed by atoms with Gasteiger partial charge in [0.15, 0.2) is 0 Å². The van der Waals surface area contributed by atoms with Crippen molar-refractivity contribution >= 4 is 5.91 Å². The third-order valence-electron chi connectivity index (χ3n) is 2.55. The van der Waals surface area contributed by atoms with Crippen LogP contribution in [0.25, 0.3) is 0 Å². The summed E-state index contributed by atoms with van der Waals surface area (Å²) in [5.74, 6) is 0.150. The second-order valence-corrected chi connectivity index (χ2v) is 4.48. The van der Waals surface area contributed by atoms with Gasteiger partial charge in [-0.25, -0.2) is 0 Å².